The van der Waals surface area contributed by atoms with Crippen molar-refractivity contribution in [3.63, 3.8) is 0 Å². The Bertz CT molecular complexity index is 521. The largest absolute Gasteiger partial charge is 0.288 e. The number of aromatic nitrogens is 2. The van der Waals surface area contributed by atoms with Gasteiger partial charge in [0, 0.05) is 18.0 Å². The maximum atomic E-state index is 12.1. The minimum atomic E-state index is -0.0261. The fourth-order valence-corrected chi connectivity index (χ4v) is 1.55. The van der Waals surface area contributed by atoms with Crippen LogP contribution in [0.4, 0.5) is 0 Å². The molecule has 2 rings (SSSR count). The number of carbonyl (C=O) groups is 1. The summed E-state index contributed by atoms with van der Waals surface area (Å²) in [6.07, 6.45) is 4.49. The molecule has 16 heavy (non-hydrogen) atoms. The zero-order valence-corrected chi connectivity index (χ0v) is 9.27. The minimum Gasteiger partial charge on any atom is -0.288 e. The monoisotopic (exact) mass is 212 g/mol. The van der Waals surface area contributed by atoms with Gasteiger partial charge in [0.15, 0.2) is 5.78 Å². The third-order valence-corrected chi connectivity index (χ3v) is 2.46. The number of aryl methyl sites for hydroxylation is 2. The molecule has 0 aliphatic heterocycles. The van der Waals surface area contributed by atoms with Gasteiger partial charge in [-0.3, -0.25) is 4.79 Å². The van der Waals surface area contributed by atoms with Gasteiger partial charge < -0.3 is 0 Å². The van der Waals surface area contributed by atoms with E-state index in [0.29, 0.717) is 5.56 Å². The fraction of sp³-hybridized carbons (Fsp3) is 0.154. The van der Waals surface area contributed by atoms with Gasteiger partial charge in [-0.25, -0.2) is 9.97 Å². The lowest BCUT2D eigenvalue weighted by molar-refractivity contribution is 0.103. The van der Waals surface area contributed by atoms with E-state index in [4.69, 9.17) is 0 Å². The predicted molar refractivity (Wildman–Crippen MR) is 61.4 cm³/mol. The molecule has 0 saturated carbocycles. The summed E-state index contributed by atoms with van der Waals surface area (Å²) >= 11 is 0. The zero-order chi connectivity index (χ0) is 11.5. The summed E-state index contributed by atoms with van der Waals surface area (Å²) < 4.78 is 0. The molecule has 0 amide bonds. The molecule has 80 valence electrons. The van der Waals surface area contributed by atoms with Crippen LogP contribution in [0.3, 0.4) is 0 Å². The first kappa shape index (κ1) is 10.5. The van der Waals surface area contributed by atoms with Crippen molar-refractivity contribution in [1.29, 1.82) is 0 Å². The highest BCUT2D eigenvalue weighted by Crippen LogP contribution is 2.14. The van der Waals surface area contributed by atoms with Gasteiger partial charge in [-0.1, -0.05) is 17.7 Å². The summed E-state index contributed by atoms with van der Waals surface area (Å²) in [5.41, 5.74) is 3.29. The van der Waals surface area contributed by atoms with Gasteiger partial charge in [0.1, 0.15) is 6.33 Å². The molecule has 0 spiro atoms. The van der Waals surface area contributed by atoms with Crippen LogP contribution >= 0.6 is 0 Å². The fourth-order valence-electron chi connectivity index (χ4n) is 1.55. The maximum Gasteiger partial charge on any atom is 0.196 e. The molecule has 0 saturated heterocycles. The molecule has 1 aromatic carbocycles. The summed E-state index contributed by atoms with van der Waals surface area (Å²) in [6, 6.07) is 5.84. The van der Waals surface area contributed by atoms with Gasteiger partial charge in [0.05, 0.1) is 5.56 Å². The average Bonchev–Trinajstić information content (AvgIpc) is 2.32. The molecule has 0 radical (unpaired) electrons. The van der Waals surface area contributed by atoms with E-state index in [0.717, 1.165) is 16.7 Å². The number of rotatable bonds is 2. The van der Waals surface area contributed by atoms with Crippen LogP contribution in [0.2, 0.25) is 0 Å². The Morgan fingerprint density at radius 1 is 1.12 bits per heavy atom. The number of carbonyl (C=O) groups excluding carboxylic acids is 1. The smallest absolute Gasteiger partial charge is 0.196 e. The van der Waals surface area contributed by atoms with E-state index in [-0.39, 0.29) is 5.78 Å². The minimum absolute atomic E-state index is 0.0261. The molecular weight excluding hydrogens is 200 g/mol. The molecule has 0 fully saturated rings. The van der Waals surface area contributed by atoms with Crippen LogP contribution < -0.4 is 0 Å². The third kappa shape index (κ3) is 1.98. The molecule has 2 aromatic rings. The second kappa shape index (κ2) is 4.23. The van der Waals surface area contributed by atoms with Crippen LogP contribution in [0.15, 0.2) is 36.9 Å². The van der Waals surface area contributed by atoms with Gasteiger partial charge >= 0.3 is 0 Å². The first-order valence-electron chi connectivity index (χ1n) is 5.05. The van der Waals surface area contributed by atoms with Gasteiger partial charge in [0.2, 0.25) is 0 Å². The third-order valence-electron chi connectivity index (χ3n) is 2.46. The lowest BCUT2D eigenvalue weighted by atomic mass is 9.99. The second-order valence-electron chi connectivity index (χ2n) is 3.77. The molecule has 1 aromatic heterocycles. The predicted octanol–water partition coefficient (Wildman–Crippen LogP) is 2.32. The first-order valence-corrected chi connectivity index (χ1v) is 5.05. The summed E-state index contributed by atoms with van der Waals surface area (Å²) in [6.45, 7) is 3.90. The number of hydrogen-bond donors (Lipinski definition) is 0. The van der Waals surface area contributed by atoms with Gasteiger partial charge in [-0.2, -0.15) is 0 Å². The van der Waals surface area contributed by atoms with E-state index in [2.05, 4.69) is 9.97 Å². The topological polar surface area (TPSA) is 42.9 Å². The summed E-state index contributed by atoms with van der Waals surface area (Å²) in [7, 11) is 0. The lowest BCUT2D eigenvalue weighted by Gasteiger charge is -2.05. The highest BCUT2D eigenvalue weighted by atomic mass is 16.1. The molecule has 0 atom stereocenters. The Balaban J connectivity index is 2.46. The van der Waals surface area contributed by atoms with Gasteiger partial charge in [-0.05, 0) is 25.5 Å². The normalized spacial score (nSPS) is 10.1. The number of hydrogen-bond acceptors (Lipinski definition) is 3. The van der Waals surface area contributed by atoms with Crippen molar-refractivity contribution in [2.24, 2.45) is 0 Å². The van der Waals surface area contributed by atoms with Crippen molar-refractivity contribution in [3.05, 3.63) is 59.2 Å². The van der Waals surface area contributed by atoms with E-state index >= 15 is 0 Å². The first-order chi connectivity index (χ1) is 7.68. The van der Waals surface area contributed by atoms with E-state index in [1.165, 1.54) is 18.7 Å². The van der Waals surface area contributed by atoms with Crippen molar-refractivity contribution in [2.45, 2.75) is 13.8 Å². The summed E-state index contributed by atoms with van der Waals surface area (Å²) in [4.78, 5) is 19.8. The molecule has 0 aliphatic rings. The quantitative estimate of drug-likeness (QED) is 0.717. The van der Waals surface area contributed by atoms with E-state index in [1.807, 2.05) is 32.0 Å². The Labute approximate surface area is 94.2 Å². The van der Waals surface area contributed by atoms with Crippen molar-refractivity contribution in [1.82, 2.24) is 9.97 Å². The van der Waals surface area contributed by atoms with Crippen LogP contribution in [0.5, 0.6) is 0 Å². The SMILES string of the molecule is Cc1ccc(C)c(C(=O)c2cncnc2)c1. The second-order valence-corrected chi connectivity index (χ2v) is 3.77. The van der Waals surface area contributed by atoms with E-state index < -0.39 is 0 Å². The Hall–Kier alpha value is -2.03. The van der Waals surface area contributed by atoms with Gasteiger partial charge in [0.25, 0.3) is 0 Å². The standard InChI is InChI=1S/C13H12N2O/c1-9-3-4-10(2)12(5-9)13(16)11-6-14-8-15-7-11/h3-8H,1-2H3. The summed E-state index contributed by atoms with van der Waals surface area (Å²) in [5, 5.41) is 0. The number of nitrogens with zero attached hydrogens (tertiary/aromatic N) is 2. The van der Waals surface area contributed by atoms with Crippen LogP contribution in [0, 0.1) is 13.8 Å². The number of ketones is 1. The highest BCUT2D eigenvalue weighted by molar-refractivity contribution is 6.09. The Kier molecular flexibility index (Phi) is 2.77. The summed E-state index contributed by atoms with van der Waals surface area (Å²) in [5.74, 6) is -0.0261. The molecule has 0 aliphatic carbocycles. The van der Waals surface area contributed by atoms with Crippen molar-refractivity contribution in [3.8, 4) is 0 Å². The Morgan fingerprint density at radius 3 is 2.50 bits per heavy atom. The van der Waals surface area contributed by atoms with E-state index in [1.54, 1.807) is 0 Å². The van der Waals surface area contributed by atoms with Crippen LogP contribution in [0.1, 0.15) is 27.0 Å². The maximum absolute atomic E-state index is 12.1. The molecule has 0 bridgehead atoms. The molecule has 3 nitrogen and oxygen atoms in total. The lowest BCUT2D eigenvalue weighted by Crippen LogP contribution is -2.05. The van der Waals surface area contributed by atoms with Crippen LogP contribution in [-0.4, -0.2) is 15.8 Å². The zero-order valence-electron chi connectivity index (χ0n) is 9.27. The molecule has 3 heteroatoms. The molecule has 0 unspecified atom stereocenters. The molecule has 0 N–H and O–H groups in total. The highest BCUT2D eigenvalue weighted by Gasteiger charge is 2.11. The van der Waals surface area contributed by atoms with Crippen LogP contribution in [-0.2, 0) is 0 Å². The number of benzene rings is 1. The van der Waals surface area contributed by atoms with Crippen molar-refractivity contribution >= 4 is 5.78 Å². The van der Waals surface area contributed by atoms with Crippen molar-refractivity contribution in [2.75, 3.05) is 0 Å². The van der Waals surface area contributed by atoms with E-state index in [9.17, 15) is 4.79 Å². The molecule has 1 heterocycles. The van der Waals surface area contributed by atoms with Crippen LogP contribution in [0.25, 0.3) is 0 Å². The Morgan fingerprint density at radius 2 is 1.81 bits per heavy atom. The van der Waals surface area contributed by atoms with Crippen molar-refractivity contribution < 1.29 is 4.79 Å². The van der Waals surface area contributed by atoms with Gasteiger partial charge in [-0.15, -0.1) is 0 Å². The average molecular weight is 212 g/mol. The molecular formula is C13H12N2O.